The lowest BCUT2D eigenvalue weighted by atomic mass is 10.1. The monoisotopic (exact) mass is 392 g/mol. The highest BCUT2D eigenvalue weighted by Crippen LogP contribution is 2.32. The van der Waals surface area contributed by atoms with Gasteiger partial charge in [-0.3, -0.25) is 0 Å². The van der Waals surface area contributed by atoms with E-state index in [4.69, 9.17) is 14.5 Å². The van der Waals surface area contributed by atoms with Crippen molar-refractivity contribution >= 4 is 17.5 Å². The Morgan fingerprint density at radius 1 is 0.931 bits per heavy atom. The van der Waals surface area contributed by atoms with Gasteiger partial charge >= 0.3 is 0 Å². The van der Waals surface area contributed by atoms with Crippen LogP contribution in [0.1, 0.15) is 20.3 Å². The zero-order valence-electron chi connectivity index (χ0n) is 17.4. The van der Waals surface area contributed by atoms with Gasteiger partial charge in [-0.25, -0.2) is 4.98 Å². The molecule has 0 bridgehead atoms. The van der Waals surface area contributed by atoms with Crippen LogP contribution in [-0.4, -0.2) is 30.7 Å². The molecule has 152 valence electrons. The van der Waals surface area contributed by atoms with Crippen molar-refractivity contribution in [2.24, 2.45) is 5.92 Å². The Balaban J connectivity index is 1.94. The third-order valence-corrected chi connectivity index (χ3v) is 4.47. The summed E-state index contributed by atoms with van der Waals surface area (Å²) in [5.41, 5.74) is 2.65. The van der Waals surface area contributed by atoms with Gasteiger partial charge in [0.25, 0.3) is 0 Å². The van der Waals surface area contributed by atoms with Gasteiger partial charge in [0.15, 0.2) is 0 Å². The number of aromatic nitrogens is 2. The van der Waals surface area contributed by atoms with Gasteiger partial charge < -0.3 is 20.1 Å². The summed E-state index contributed by atoms with van der Waals surface area (Å²) in [6.07, 6.45) is 1.05. The molecule has 6 nitrogen and oxygen atoms in total. The molecule has 3 rings (SSSR count). The van der Waals surface area contributed by atoms with E-state index in [1.54, 1.807) is 14.2 Å². The number of benzene rings is 2. The smallest absolute Gasteiger partial charge is 0.225 e. The van der Waals surface area contributed by atoms with Gasteiger partial charge in [-0.15, -0.1) is 0 Å². The predicted molar refractivity (Wildman–Crippen MR) is 118 cm³/mol. The van der Waals surface area contributed by atoms with Crippen molar-refractivity contribution in [3.05, 3.63) is 54.6 Å². The molecule has 0 radical (unpaired) electrons. The van der Waals surface area contributed by atoms with E-state index in [0.717, 1.165) is 35.7 Å². The van der Waals surface area contributed by atoms with Crippen LogP contribution in [0.4, 0.5) is 17.5 Å². The second-order valence-electron chi connectivity index (χ2n) is 7.13. The molecule has 1 aromatic heterocycles. The summed E-state index contributed by atoms with van der Waals surface area (Å²) >= 11 is 0. The molecule has 0 unspecified atom stereocenters. The first-order chi connectivity index (χ1) is 14.1. The van der Waals surface area contributed by atoms with Crippen LogP contribution >= 0.6 is 0 Å². The maximum absolute atomic E-state index is 5.48. The molecule has 0 amide bonds. The Morgan fingerprint density at radius 3 is 2.41 bits per heavy atom. The summed E-state index contributed by atoms with van der Waals surface area (Å²) in [7, 11) is 3.28. The number of hydrogen-bond acceptors (Lipinski definition) is 6. The number of nitrogens with one attached hydrogen (secondary N) is 2. The van der Waals surface area contributed by atoms with E-state index in [9.17, 15) is 0 Å². The first kappa shape index (κ1) is 20.5. The Hall–Kier alpha value is -3.28. The molecule has 2 aromatic carbocycles. The minimum atomic E-state index is 0.594. The minimum Gasteiger partial charge on any atom is -0.497 e. The van der Waals surface area contributed by atoms with Crippen LogP contribution in [0.3, 0.4) is 0 Å². The number of methoxy groups -OCH3 is 2. The summed E-state index contributed by atoms with van der Waals surface area (Å²) in [4.78, 5) is 9.35. The highest BCUT2D eigenvalue weighted by atomic mass is 16.5. The Kier molecular flexibility index (Phi) is 6.89. The SMILES string of the molecule is COc1ccc(OC)c(Nc2cc(-c3ccccc3)nc(NCCC(C)C)n2)c1. The van der Waals surface area contributed by atoms with Crippen molar-refractivity contribution in [2.45, 2.75) is 20.3 Å². The molecule has 0 aliphatic carbocycles. The normalized spacial score (nSPS) is 10.7. The first-order valence-corrected chi connectivity index (χ1v) is 9.76. The number of nitrogens with zero attached hydrogens (tertiary/aromatic N) is 2. The van der Waals surface area contributed by atoms with Gasteiger partial charge in [-0.1, -0.05) is 44.2 Å². The molecular weight excluding hydrogens is 364 g/mol. The zero-order valence-corrected chi connectivity index (χ0v) is 17.4. The van der Waals surface area contributed by atoms with Crippen molar-refractivity contribution < 1.29 is 9.47 Å². The van der Waals surface area contributed by atoms with Gasteiger partial charge in [-0.2, -0.15) is 4.98 Å². The van der Waals surface area contributed by atoms with Crippen LogP contribution in [-0.2, 0) is 0 Å². The maximum atomic E-state index is 5.48. The third kappa shape index (κ3) is 5.60. The second-order valence-corrected chi connectivity index (χ2v) is 7.13. The number of hydrogen-bond donors (Lipinski definition) is 2. The first-order valence-electron chi connectivity index (χ1n) is 9.76. The molecule has 6 heteroatoms. The lowest BCUT2D eigenvalue weighted by Gasteiger charge is -2.14. The summed E-state index contributed by atoms with van der Waals surface area (Å²) in [6, 6.07) is 17.6. The number of ether oxygens (including phenoxy) is 2. The molecule has 29 heavy (non-hydrogen) atoms. The maximum Gasteiger partial charge on any atom is 0.225 e. The van der Waals surface area contributed by atoms with Crippen molar-refractivity contribution in [1.82, 2.24) is 9.97 Å². The molecule has 3 aromatic rings. The molecule has 1 heterocycles. The molecule has 0 aliphatic rings. The van der Waals surface area contributed by atoms with E-state index in [-0.39, 0.29) is 0 Å². The van der Waals surface area contributed by atoms with E-state index >= 15 is 0 Å². The second kappa shape index (κ2) is 9.78. The molecule has 0 saturated heterocycles. The lowest BCUT2D eigenvalue weighted by Crippen LogP contribution is -2.09. The Bertz CT molecular complexity index is 929. The summed E-state index contributed by atoms with van der Waals surface area (Å²) in [5, 5.41) is 6.70. The molecule has 2 N–H and O–H groups in total. The summed E-state index contributed by atoms with van der Waals surface area (Å²) < 4.78 is 10.8. The fourth-order valence-corrected chi connectivity index (χ4v) is 2.87. The van der Waals surface area contributed by atoms with Crippen LogP contribution < -0.4 is 20.1 Å². The number of rotatable bonds is 9. The quantitative estimate of drug-likeness (QED) is 0.511. The Labute approximate surface area is 172 Å². The van der Waals surface area contributed by atoms with Crippen LogP contribution in [0.5, 0.6) is 11.5 Å². The van der Waals surface area contributed by atoms with E-state index in [1.807, 2.05) is 54.6 Å². The van der Waals surface area contributed by atoms with Crippen molar-refractivity contribution in [1.29, 1.82) is 0 Å². The van der Waals surface area contributed by atoms with Crippen molar-refractivity contribution in [3.63, 3.8) is 0 Å². The van der Waals surface area contributed by atoms with Crippen LogP contribution in [0.2, 0.25) is 0 Å². The number of anilines is 3. The standard InChI is InChI=1S/C23H28N4O2/c1-16(2)12-13-24-23-26-19(17-8-6-5-7-9-17)15-22(27-23)25-20-14-18(28-3)10-11-21(20)29-4/h5-11,14-16H,12-13H2,1-4H3,(H2,24,25,26,27). The third-order valence-electron chi connectivity index (χ3n) is 4.47. The fraction of sp³-hybridized carbons (Fsp3) is 0.304. The predicted octanol–water partition coefficient (Wildman–Crippen LogP) is 5.36. The van der Waals surface area contributed by atoms with E-state index in [2.05, 4.69) is 29.5 Å². The average molecular weight is 393 g/mol. The molecule has 0 aliphatic heterocycles. The van der Waals surface area contributed by atoms with E-state index < -0.39 is 0 Å². The van der Waals surface area contributed by atoms with Crippen LogP contribution in [0.25, 0.3) is 11.3 Å². The average Bonchev–Trinajstić information content (AvgIpc) is 2.74. The van der Waals surface area contributed by atoms with Crippen LogP contribution in [0.15, 0.2) is 54.6 Å². The van der Waals surface area contributed by atoms with Gasteiger partial charge in [0.05, 0.1) is 25.6 Å². The molecule has 0 saturated carbocycles. The molecular formula is C23H28N4O2. The van der Waals surface area contributed by atoms with Gasteiger partial charge in [0, 0.05) is 24.2 Å². The van der Waals surface area contributed by atoms with Crippen molar-refractivity contribution in [2.75, 3.05) is 31.4 Å². The fourth-order valence-electron chi connectivity index (χ4n) is 2.87. The molecule has 0 spiro atoms. The lowest BCUT2D eigenvalue weighted by molar-refractivity contribution is 0.405. The topological polar surface area (TPSA) is 68.3 Å². The van der Waals surface area contributed by atoms with Gasteiger partial charge in [-0.05, 0) is 24.5 Å². The summed E-state index contributed by atoms with van der Waals surface area (Å²) in [6.45, 7) is 5.22. The minimum absolute atomic E-state index is 0.594. The van der Waals surface area contributed by atoms with Crippen LogP contribution in [0, 0.1) is 5.92 Å². The van der Waals surface area contributed by atoms with Gasteiger partial charge in [0.2, 0.25) is 5.95 Å². The van der Waals surface area contributed by atoms with Gasteiger partial charge in [0.1, 0.15) is 17.3 Å². The van der Waals surface area contributed by atoms with Crippen molar-refractivity contribution in [3.8, 4) is 22.8 Å². The zero-order chi connectivity index (χ0) is 20.6. The molecule has 0 atom stereocenters. The van der Waals surface area contributed by atoms with E-state index in [1.165, 1.54) is 0 Å². The Morgan fingerprint density at radius 2 is 1.72 bits per heavy atom. The largest absolute Gasteiger partial charge is 0.497 e. The highest BCUT2D eigenvalue weighted by Gasteiger charge is 2.11. The van der Waals surface area contributed by atoms with E-state index in [0.29, 0.717) is 23.4 Å². The summed E-state index contributed by atoms with van der Waals surface area (Å²) in [5.74, 6) is 3.33. The highest BCUT2D eigenvalue weighted by molar-refractivity contribution is 5.71. The molecule has 0 fully saturated rings.